The number of rotatable bonds is 3. The summed E-state index contributed by atoms with van der Waals surface area (Å²) in [5, 5.41) is 0. The minimum absolute atomic E-state index is 0.232. The van der Waals surface area contributed by atoms with Crippen LogP contribution in [0.25, 0.3) is 0 Å². The molecule has 0 aromatic carbocycles. The highest BCUT2D eigenvalue weighted by molar-refractivity contribution is 5.91. The van der Waals surface area contributed by atoms with Crippen molar-refractivity contribution in [1.29, 1.82) is 0 Å². The largest absolute Gasteiger partial charge is 0.458 e. The monoisotopic (exact) mass is 344 g/mol. The summed E-state index contributed by atoms with van der Waals surface area (Å²) in [7, 11) is 0. The molecule has 0 bridgehead atoms. The van der Waals surface area contributed by atoms with Crippen LogP contribution in [0.5, 0.6) is 0 Å². The molecule has 0 spiro atoms. The third-order valence-corrected chi connectivity index (χ3v) is 4.32. The highest BCUT2D eigenvalue weighted by Crippen LogP contribution is 2.36. The van der Waals surface area contributed by atoms with Gasteiger partial charge < -0.3 is 9.47 Å². The van der Waals surface area contributed by atoms with Gasteiger partial charge in [-0.2, -0.15) is 0 Å². The number of allylic oxidation sites excluding steroid dienone is 3. The van der Waals surface area contributed by atoms with Crippen molar-refractivity contribution in [3.63, 3.8) is 0 Å². The first-order valence-electron chi connectivity index (χ1n) is 8.38. The number of carbonyl (C=O) groups excluding carboxylic acids is 3. The van der Waals surface area contributed by atoms with E-state index in [1.807, 2.05) is 19.1 Å². The fourth-order valence-electron chi connectivity index (χ4n) is 3.10. The molecule has 0 N–H and O–H groups in total. The van der Waals surface area contributed by atoms with Crippen LogP contribution in [0.2, 0.25) is 0 Å². The number of ether oxygens (including phenoxy) is 2. The molecule has 1 aliphatic heterocycles. The first-order chi connectivity index (χ1) is 11.8. The van der Waals surface area contributed by atoms with E-state index in [1.54, 1.807) is 13.8 Å². The minimum Gasteiger partial charge on any atom is -0.458 e. The summed E-state index contributed by atoms with van der Waals surface area (Å²) in [4.78, 5) is 35.5. The lowest BCUT2D eigenvalue weighted by Gasteiger charge is -2.26. The van der Waals surface area contributed by atoms with E-state index >= 15 is 0 Å². The van der Waals surface area contributed by atoms with Gasteiger partial charge in [0.15, 0.2) is 0 Å². The van der Waals surface area contributed by atoms with Gasteiger partial charge in [0.1, 0.15) is 18.5 Å². The van der Waals surface area contributed by atoms with Crippen LogP contribution in [-0.2, 0) is 23.9 Å². The fourth-order valence-corrected chi connectivity index (χ4v) is 3.10. The van der Waals surface area contributed by atoms with Gasteiger partial charge in [-0.15, -0.1) is 0 Å². The van der Waals surface area contributed by atoms with Crippen LogP contribution < -0.4 is 0 Å². The lowest BCUT2D eigenvalue weighted by atomic mass is 9.85. The fraction of sp³-hybridized carbons (Fsp3) is 0.450. The molecule has 0 radical (unpaired) electrons. The Balaban J connectivity index is 2.41. The molecule has 1 saturated heterocycles. The summed E-state index contributed by atoms with van der Waals surface area (Å²) in [6, 6.07) is 0. The van der Waals surface area contributed by atoms with Crippen LogP contribution in [0.3, 0.4) is 0 Å². The van der Waals surface area contributed by atoms with Crippen LogP contribution in [-0.4, -0.2) is 30.4 Å². The van der Waals surface area contributed by atoms with E-state index < -0.39 is 30.1 Å². The maximum absolute atomic E-state index is 12.1. The van der Waals surface area contributed by atoms with Crippen molar-refractivity contribution in [2.24, 2.45) is 5.92 Å². The predicted molar refractivity (Wildman–Crippen MR) is 93.6 cm³/mol. The van der Waals surface area contributed by atoms with Crippen molar-refractivity contribution >= 4 is 18.2 Å². The van der Waals surface area contributed by atoms with E-state index in [1.165, 1.54) is 6.08 Å². The SMILES string of the molecule is C=C1C(=O)O[C@@H]2/C=C(/C)CC/C=C(/C=O)C[C@@H](OC(=O)C=C(C)C)[C@@H]12. The summed E-state index contributed by atoms with van der Waals surface area (Å²) in [5.74, 6) is -1.49. The minimum atomic E-state index is -0.689. The van der Waals surface area contributed by atoms with Gasteiger partial charge in [-0.1, -0.05) is 23.8 Å². The van der Waals surface area contributed by atoms with Crippen LogP contribution >= 0.6 is 0 Å². The highest BCUT2D eigenvalue weighted by Gasteiger charge is 2.44. The van der Waals surface area contributed by atoms with Crippen LogP contribution in [0, 0.1) is 5.92 Å². The molecule has 1 fully saturated rings. The predicted octanol–water partition coefficient (Wildman–Crippen LogP) is 3.22. The van der Waals surface area contributed by atoms with Gasteiger partial charge in [-0.05, 0) is 45.3 Å². The van der Waals surface area contributed by atoms with E-state index in [2.05, 4.69) is 6.58 Å². The Morgan fingerprint density at radius 3 is 2.76 bits per heavy atom. The lowest BCUT2D eigenvalue weighted by Crippen LogP contribution is -2.33. The third-order valence-electron chi connectivity index (χ3n) is 4.32. The van der Waals surface area contributed by atoms with Crippen molar-refractivity contribution in [1.82, 2.24) is 0 Å². The van der Waals surface area contributed by atoms with Crippen molar-refractivity contribution in [2.75, 3.05) is 0 Å². The average Bonchev–Trinajstić information content (AvgIpc) is 2.78. The van der Waals surface area contributed by atoms with E-state index in [4.69, 9.17) is 9.47 Å². The number of carbonyl (C=O) groups is 3. The van der Waals surface area contributed by atoms with E-state index in [9.17, 15) is 14.4 Å². The number of fused-ring (bicyclic) bond motifs is 1. The molecule has 1 aliphatic carbocycles. The van der Waals surface area contributed by atoms with Crippen LogP contribution in [0.15, 0.2) is 47.1 Å². The average molecular weight is 344 g/mol. The summed E-state index contributed by atoms with van der Waals surface area (Å²) >= 11 is 0. The molecular weight excluding hydrogens is 320 g/mol. The van der Waals surface area contributed by atoms with E-state index in [0.29, 0.717) is 12.0 Å². The molecule has 25 heavy (non-hydrogen) atoms. The lowest BCUT2D eigenvalue weighted by molar-refractivity contribution is -0.146. The Morgan fingerprint density at radius 2 is 2.12 bits per heavy atom. The van der Waals surface area contributed by atoms with E-state index in [-0.39, 0.29) is 12.0 Å². The summed E-state index contributed by atoms with van der Waals surface area (Å²) < 4.78 is 11.0. The molecule has 5 heteroatoms. The van der Waals surface area contributed by atoms with Crippen LogP contribution in [0.4, 0.5) is 0 Å². The molecular formula is C20H24O5. The molecule has 2 aliphatic rings. The molecule has 134 valence electrons. The zero-order valence-corrected chi connectivity index (χ0v) is 14.9. The molecule has 0 aromatic rings. The summed E-state index contributed by atoms with van der Waals surface area (Å²) in [5.41, 5.74) is 2.68. The van der Waals surface area contributed by atoms with Crippen molar-refractivity contribution in [3.05, 3.63) is 47.1 Å². The van der Waals surface area contributed by atoms with Gasteiger partial charge >= 0.3 is 11.9 Å². The molecule has 2 rings (SSSR count). The van der Waals surface area contributed by atoms with Crippen molar-refractivity contribution in [3.8, 4) is 0 Å². The standard InChI is InChI=1S/C20H24O5/c1-12(2)8-18(22)24-17-10-15(11-21)7-5-6-13(3)9-16-19(17)14(4)20(23)25-16/h7-9,11,16-17,19H,4-6,10H2,1-3H3/b13-9-,15-7+/t16-,17-,19+/m1/s1. The molecule has 0 unspecified atom stereocenters. The van der Waals surface area contributed by atoms with E-state index in [0.717, 1.165) is 23.9 Å². The molecule has 0 saturated carbocycles. The van der Waals surface area contributed by atoms with Crippen molar-refractivity contribution in [2.45, 2.75) is 52.2 Å². The topological polar surface area (TPSA) is 69.7 Å². The number of aldehydes is 1. The van der Waals surface area contributed by atoms with Crippen LogP contribution in [0.1, 0.15) is 40.0 Å². The maximum Gasteiger partial charge on any atom is 0.334 e. The first kappa shape index (κ1) is 18.9. The zero-order chi connectivity index (χ0) is 18.6. The Kier molecular flexibility index (Phi) is 6.12. The molecule has 0 amide bonds. The summed E-state index contributed by atoms with van der Waals surface area (Å²) in [6.45, 7) is 9.36. The number of hydrogen-bond donors (Lipinski definition) is 0. The normalized spacial score (nSPS) is 30.8. The zero-order valence-electron chi connectivity index (χ0n) is 14.9. The van der Waals surface area contributed by atoms with Gasteiger partial charge in [0, 0.05) is 18.1 Å². The van der Waals surface area contributed by atoms with Gasteiger partial charge in [0.25, 0.3) is 0 Å². The summed E-state index contributed by atoms with van der Waals surface area (Å²) in [6.07, 6.45) is 6.40. The number of hydrogen-bond acceptors (Lipinski definition) is 5. The second kappa shape index (κ2) is 8.10. The van der Waals surface area contributed by atoms with Gasteiger partial charge in [-0.3, -0.25) is 4.79 Å². The molecule has 0 aromatic heterocycles. The Labute approximate surface area is 148 Å². The quantitative estimate of drug-likeness (QED) is 0.340. The molecule has 3 atom stereocenters. The van der Waals surface area contributed by atoms with Crippen molar-refractivity contribution < 1.29 is 23.9 Å². The maximum atomic E-state index is 12.1. The second-order valence-electron chi connectivity index (χ2n) is 6.77. The molecule has 1 heterocycles. The Hall–Kier alpha value is -2.43. The number of esters is 2. The highest BCUT2D eigenvalue weighted by atomic mass is 16.6. The third kappa shape index (κ3) is 4.78. The van der Waals surface area contributed by atoms with Gasteiger partial charge in [0.05, 0.1) is 5.92 Å². The Bertz CT molecular complexity index is 676. The first-order valence-corrected chi connectivity index (χ1v) is 8.38. The molecule has 5 nitrogen and oxygen atoms in total. The van der Waals surface area contributed by atoms with Gasteiger partial charge in [0.2, 0.25) is 0 Å². The van der Waals surface area contributed by atoms with Gasteiger partial charge in [-0.25, -0.2) is 9.59 Å². The second-order valence-corrected chi connectivity index (χ2v) is 6.77. The Morgan fingerprint density at radius 1 is 1.40 bits per heavy atom. The smallest absolute Gasteiger partial charge is 0.334 e.